The van der Waals surface area contributed by atoms with E-state index in [0.29, 0.717) is 58.5 Å². The van der Waals surface area contributed by atoms with Crippen molar-refractivity contribution >= 4 is 11.4 Å². The van der Waals surface area contributed by atoms with Crippen molar-refractivity contribution in [3.8, 4) is 46.3 Å². The number of methoxy groups -OCH3 is 2. The van der Waals surface area contributed by atoms with E-state index < -0.39 is 22.1 Å². The van der Waals surface area contributed by atoms with E-state index in [1.165, 1.54) is 24.3 Å². The lowest BCUT2D eigenvalue weighted by atomic mass is 9.94. The maximum atomic E-state index is 10.7. The number of hydrogen-bond donors (Lipinski definition) is 2. The van der Waals surface area contributed by atoms with Crippen LogP contribution in [0.4, 0.5) is 11.4 Å². The number of pyridine rings is 2. The molecular formula is C42H36N4O12. The fourth-order valence-corrected chi connectivity index (χ4v) is 6.55. The first-order chi connectivity index (χ1) is 28.1. The zero-order valence-electron chi connectivity index (χ0n) is 31.0. The Labute approximate surface area is 331 Å². The molecule has 2 aromatic heterocycles. The summed E-state index contributed by atoms with van der Waals surface area (Å²) in [6, 6.07) is 30.8. The number of ether oxygens (including phenoxy) is 6. The Kier molecular flexibility index (Phi) is 11.6. The monoisotopic (exact) mass is 788 g/mol. The van der Waals surface area contributed by atoms with Gasteiger partial charge in [0.25, 0.3) is 11.4 Å². The number of aliphatic hydroxyl groups excluding tert-OH is 2. The van der Waals surface area contributed by atoms with Crippen LogP contribution < -0.4 is 28.4 Å². The molecule has 0 bridgehead atoms. The van der Waals surface area contributed by atoms with Gasteiger partial charge in [0, 0.05) is 59.4 Å². The molecular weight excluding hydrogens is 752 g/mol. The minimum absolute atomic E-state index is 0.117. The number of rotatable bonds is 10. The van der Waals surface area contributed by atoms with Crippen molar-refractivity contribution in [1.82, 2.24) is 9.97 Å². The normalized spacial score (nSPS) is 17.7. The van der Waals surface area contributed by atoms with Crippen molar-refractivity contribution in [2.24, 2.45) is 0 Å². The zero-order chi connectivity index (χ0) is 40.8. The quantitative estimate of drug-likeness (QED) is 0.0983. The molecule has 4 aromatic carbocycles. The average Bonchev–Trinajstić information content (AvgIpc) is 3.24. The summed E-state index contributed by atoms with van der Waals surface area (Å²) in [6.45, 7) is 0. The van der Waals surface area contributed by atoms with Gasteiger partial charge in [0.2, 0.25) is 11.8 Å². The third-order valence-corrected chi connectivity index (χ3v) is 9.37. The highest BCUT2D eigenvalue weighted by Gasteiger charge is 2.32. The molecule has 16 nitrogen and oxygen atoms in total. The first-order valence-corrected chi connectivity index (χ1v) is 17.9. The topological polar surface area (TPSA) is 208 Å². The van der Waals surface area contributed by atoms with E-state index in [4.69, 9.17) is 28.4 Å². The van der Waals surface area contributed by atoms with E-state index in [1.54, 1.807) is 50.6 Å². The lowest BCUT2D eigenvalue weighted by Gasteiger charge is -2.30. The number of aromatic nitrogens is 2. The minimum atomic E-state index is -0.748. The van der Waals surface area contributed by atoms with Gasteiger partial charge in [-0.05, 0) is 48.5 Å². The number of nitro groups is 2. The van der Waals surface area contributed by atoms with E-state index in [1.807, 2.05) is 48.5 Å². The Hall–Kier alpha value is -7.30. The number of aliphatic hydroxyl groups is 2. The van der Waals surface area contributed by atoms with Gasteiger partial charge in [-0.15, -0.1) is 0 Å². The van der Waals surface area contributed by atoms with Gasteiger partial charge >= 0.3 is 0 Å². The van der Waals surface area contributed by atoms with Crippen molar-refractivity contribution in [1.29, 1.82) is 0 Å². The van der Waals surface area contributed by atoms with Crippen molar-refractivity contribution in [2.75, 3.05) is 14.2 Å². The van der Waals surface area contributed by atoms with Gasteiger partial charge in [0.05, 0.1) is 36.3 Å². The van der Waals surface area contributed by atoms with Crippen molar-refractivity contribution in [3.05, 3.63) is 164 Å². The molecule has 0 amide bonds. The van der Waals surface area contributed by atoms with Crippen molar-refractivity contribution < 1.29 is 48.5 Å². The summed E-state index contributed by atoms with van der Waals surface area (Å²) in [4.78, 5) is 28.2. The molecule has 4 atom stereocenters. The van der Waals surface area contributed by atoms with E-state index >= 15 is 0 Å². The van der Waals surface area contributed by atoms with Crippen LogP contribution in [0.15, 0.2) is 122 Å². The molecule has 0 fully saturated rings. The zero-order valence-corrected chi connectivity index (χ0v) is 31.0. The highest BCUT2D eigenvalue weighted by Crippen LogP contribution is 2.46. The Morgan fingerprint density at radius 2 is 1.00 bits per heavy atom. The first-order valence-electron chi connectivity index (χ1n) is 17.9. The largest absolute Gasteiger partial charge is 0.496 e. The van der Waals surface area contributed by atoms with Gasteiger partial charge in [-0.25, -0.2) is 9.97 Å². The maximum absolute atomic E-state index is 10.7. The predicted molar refractivity (Wildman–Crippen MR) is 207 cm³/mol. The highest BCUT2D eigenvalue weighted by atomic mass is 16.6. The molecule has 4 unspecified atom stereocenters. The molecule has 0 radical (unpaired) electrons. The number of benzene rings is 4. The first kappa shape index (κ1) is 39.0. The lowest BCUT2D eigenvalue weighted by molar-refractivity contribution is -0.385. The third-order valence-electron chi connectivity index (χ3n) is 9.37. The summed E-state index contributed by atoms with van der Waals surface area (Å²) in [5.41, 5.74) is 2.72. The maximum Gasteiger partial charge on any atom is 0.287 e. The molecule has 0 aliphatic carbocycles. The molecule has 0 spiro atoms. The van der Waals surface area contributed by atoms with Gasteiger partial charge in [0.15, 0.2) is 0 Å². The van der Waals surface area contributed by atoms with Crippen LogP contribution in [-0.2, 0) is 0 Å². The second-order valence-corrected chi connectivity index (χ2v) is 13.0. The van der Waals surface area contributed by atoms with E-state index in [9.17, 15) is 30.4 Å². The standard InChI is InChI=1S/2C21H18N2O6/c2*1-27-18-5-3-2-4-15(18)20-11-17(24)16-10-14(7-8-19(16)29-20)28-21-9-6-13(12-22-21)23(25)26/h2*2-10,12,17,20,24H,11H2,1H3. The number of hydrogen-bond acceptors (Lipinski definition) is 14. The summed E-state index contributed by atoms with van der Waals surface area (Å²) in [5, 5.41) is 42.8. The molecule has 0 saturated carbocycles. The number of nitrogens with zero attached hydrogens (tertiary/aromatic N) is 4. The van der Waals surface area contributed by atoms with E-state index in [0.717, 1.165) is 23.5 Å². The fourth-order valence-electron chi connectivity index (χ4n) is 6.55. The molecule has 0 saturated heterocycles. The van der Waals surface area contributed by atoms with Gasteiger partial charge in [-0.1, -0.05) is 36.4 Å². The van der Waals surface area contributed by atoms with Gasteiger partial charge in [-0.2, -0.15) is 0 Å². The number of para-hydroxylation sites is 2. The molecule has 6 aromatic rings. The van der Waals surface area contributed by atoms with E-state index in [2.05, 4.69) is 9.97 Å². The molecule has 2 aliphatic heterocycles. The van der Waals surface area contributed by atoms with Gasteiger partial charge < -0.3 is 38.6 Å². The summed E-state index contributed by atoms with van der Waals surface area (Å²) in [5.74, 6) is 3.86. The SMILES string of the molecule is COc1ccccc1C1CC(O)c2cc(Oc3ccc([N+](=O)[O-])cn3)ccc2O1.COc1ccccc1C1CC(O)c2cc(Oc3ccc([N+](=O)[O-])cn3)ccc2O1. The van der Waals surface area contributed by atoms with Crippen LogP contribution >= 0.6 is 0 Å². The molecule has 296 valence electrons. The van der Waals surface area contributed by atoms with Gasteiger partial charge in [0.1, 0.15) is 59.1 Å². The molecule has 4 heterocycles. The smallest absolute Gasteiger partial charge is 0.287 e. The third kappa shape index (κ3) is 8.72. The Morgan fingerprint density at radius 3 is 1.36 bits per heavy atom. The molecule has 2 aliphatic rings. The lowest BCUT2D eigenvalue weighted by Crippen LogP contribution is -2.19. The van der Waals surface area contributed by atoms with Crippen molar-refractivity contribution in [2.45, 2.75) is 37.3 Å². The van der Waals surface area contributed by atoms with Crippen LogP contribution in [0.25, 0.3) is 0 Å². The van der Waals surface area contributed by atoms with Gasteiger partial charge in [-0.3, -0.25) is 20.2 Å². The summed E-state index contributed by atoms with van der Waals surface area (Å²) >= 11 is 0. The molecule has 16 heteroatoms. The summed E-state index contributed by atoms with van der Waals surface area (Å²) in [7, 11) is 3.20. The van der Waals surface area contributed by atoms with Crippen LogP contribution in [0.1, 0.15) is 59.5 Å². The highest BCUT2D eigenvalue weighted by molar-refractivity contribution is 5.48. The van der Waals surface area contributed by atoms with E-state index in [-0.39, 0.29) is 35.3 Å². The Balaban J connectivity index is 0.000000177. The second-order valence-electron chi connectivity index (χ2n) is 13.0. The molecule has 8 rings (SSSR count). The van der Waals surface area contributed by atoms with Crippen LogP contribution in [-0.4, -0.2) is 44.2 Å². The van der Waals surface area contributed by atoms with Crippen LogP contribution in [0, 0.1) is 20.2 Å². The van der Waals surface area contributed by atoms with Crippen LogP contribution in [0.2, 0.25) is 0 Å². The van der Waals surface area contributed by atoms with Crippen molar-refractivity contribution in [3.63, 3.8) is 0 Å². The second kappa shape index (κ2) is 17.2. The number of fused-ring (bicyclic) bond motifs is 2. The summed E-state index contributed by atoms with van der Waals surface area (Å²) in [6.07, 6.45) is 0.823. The van der Waals surface area contributed by atoms with Crippen LogP contribution in [0.3, 0.4) is 0 Å². The molecule has 2 N–H and O–H groups in total. The Morgan fingerprint density at radius 1 is 0.586 bits per heavy atom. The minimum Gasteiger partial charge on any atom is -0.496 e. The van der Waals surface area contributed by atoms with Crippen LogP contribution in [0.5, 0.6) is 46.3 Å². The summed E-state index contributed by atoms with van der Waals surface area (Å²) < 4.78 is 34.3. The fraction of sp³-hybridized carbons (Fsp3) is 0.190. The molecule has 58 heavy (non-hydrogen) atoms. The average molecular weight is 789 g/mol. The predicted octanol–water partition coefficient (Wildman–Crippen LogP) is 8.70. The Bertz CT molecular complexity index is 2240.